The van der Waals surface area contributed by atoms with Crippen LogP contribution < -0.4 is 0 Å². The van der Waals surface area contributed by atoms with Gasteiger partial charge >= 0.3 is 5.97 Å². The largest absolute Gasteiger partial charge is 0.433 e. The van der Waals surface area contributed by atoms with Gasteiger partial charge in [0.25, 0.3) is 0 Å². The molecule has 1 rings (SSSR count). The highest BCUT2D eigenvalue weighted by Crippen LogP contribution is 2.22. The average Bonchev–Trinajstić information content (AvgIpc) is 2.08. The molecular formula is C7H12O4. The summed E-state index contributed by atoms with van der Waals surface area (Å²) in [6, 6.07) is 0. The first kappa shape index (κ1) is 8.49. The quantitative estimate of drug-likeness (QED) is 0.528. The van der Waals surface area contributed by atoms with E-state index in [1.807, 2.05) is 0 Å². The van der Waals surface area contributed by atoms with Gasteiger partial charge in [-0.1, -0.05) is 0 Å². The maximum Gasteiger partial charge on any atom is 0.305 e. The summed E-state index contributed by atoms with van der Waals surface area (Å²) in [6.45, 7) is 5.20. The molecule has 0 aromatic heterocycles. The maximum atomic E-state index is 10.5. The highest BCUT2D eigenvalue weighted by molar-refractivity contribution is 5.66. The number of esters is 1. The van der Waals surface area contributed by atoms with Gasteiger partial charge in [0.1, 0.15) is 6.61 Å². The molecule has 4 nitrogen and oxygen atoms in total. The van der Waals surface area contributed by atoms with Gasteiger partial charge in [-0.15, -0.1) is 0 Å². The van der Waals surface area contributed by atoms with Crippen LogP contribution in [0.4, 0.5) is 0 Å². The lowest BCUT2D eigenvalue weighted by molar-refractivity contribution is -0.195. The van der Waals surface area contributed by atoms with Crippen LogP contribution in [0.1, 0.15) is 20.8 Å². The standard InChI is InChI=1S/C7H12O4/c1-5(8)10-6-4-9-7(2,3)11-6/h6H,4H2,1-3H3/t6-/m0/s1. The Labute approximate surface area is 65.4 Å². The lowest BCUT2D eigenvalue weighted by Crippen LogP contribution is -2.23. The fourth-order valence-corrected chi connectivity index (χ4v) is 0.897. The van der Waals surface area contributed by atoms with E-state index in [0.29, 0.717) is 6.61 Å². The van der Waals surface area contributed by atoms with Crippen LogP contribution in [0.2, 0.25) is 0 Å². The van der Waals surface area contributed by atoms with Gasteiger partial charge in [-0.05, 0) is 13.8 Å². The summed E-state index contributed by atoms with van der Waals surface area (Å²) in [5.41, 5.74) is 0. The number of ether oxygens (including phenoxy) is 3. The maximum absolute atomic E-state index is 10.5. The van der Waals surface area contributed by atoms with E-state index in [4.69, 9.17) is 14.2 Å². The molecule has 0 aromatic carbocycles. The summed E-state index contributed by atoms with van der Waals surface area (Å²) in [4.78, 5) is 10.5. The van der Waals surface area contributed by atoms with Crippen LogP contribution in [0, 0.1) is 0 Å². The van der Waals surface area contributed by atoms with E-state index < -0.39 is 12.1 Å². The Hall–Kier alpha value is -0.610. The minimum atomic E-state index is -0.625. The van der Waals surface area contributed by atoms with Crippen molar-refractivity contribution in [3.05, 3.63) is 0 Å². The molecule has 1 fully saturated rings. The molecule has 0 amide bonds. The zero-order chi connectivity index (χ0) is 8.48. The van der Waals surface area contributed by atoms with Crippen molar-refractivity contribution in [2.24, 2.45) is 0 Å². The Kier molecular flexibility index (Phi) is 2.15. The summed E-state index contributed by atoms with van der Waals surface area (Å²) in [5, 5.41) is 0. The minimum absolute atomic E-state index is 0.312. The van der Waals surface area contributed by atoms with E-state index in [-0.39, 0.29) is 5.97 Å². The third-order valence-corrected chi connectivity index (χ3v) is 1.28. The van der Waals surface area contributed by atoms with Crippen LogP contribution in [0.25, 0.3) is 0 Å². The number of hydrogen-bond donors (Lipinski definition) is 0. The minimum Gasteiger partial charge on any atom is -0.433 e. The number of hydrogen-bond acceptors (Lipinski definition) is 4. The second kappa shape index (κ2) is 2.79. The first-order valence-corrected chi connectivity index (χ1v) is 3.48. The van der Waals surface area contributed by atoms with Crippen LogP contribution in [-0.2, 0) is 19.0 Å². The van der Waals surface area contributed by atoms with Crippen molar-refractivity contribution in [1.29, 1.82) is 0 Å². The molecule has 1 atom stereocenters. The molecule has 1 saturated heterocycles. The SMILES string of the molecule is CC(=O)O[C@@H]1COC(C)(C)O1. The second-order valence-electron chi connectivity index (χ2n) is 2.87. The molecule has 0 saturated carbocycles. The van der Waals surface area contributed by atoms with Crippen molar-refractivity contribution in [3.63, 3.8) is 0 Å². The molecular weight excluding hydrogens is 148 g/mol. The Morgan fingerprint density at radius 2 is 2.27 bits per heavy atom. The molecule has 0 aromatic rings. The monoisotopic (exact) mass is 160 g/mol. The van der Waals surface area contributed by atoms with Crippen molar-refractivity contribution in [2.75, 3.05) is 6.61 Å². The lowest BCUT2D eigenvalue weighted by atomic mass is 10.4. The van der Waals surface area contributed by atoms with Crippen molar-refractivity contribution >= 4 is 5.97 Å². The van der Waals surface area contributed by atoms with E-state index in [0.717, 1.165) is 0 Å². The van der Waals surface area contributed by atoms with E-state index in [1.165, 1.54) is 6.92 Å². The molecule has 11 heavy (non-hydrogen) atoms. The van der Waals surface area contributed by atoms with E-state index in [1.54, 1.807) is 13.8 Å². The Bertz CT molecular complexity index is 164. The lowest BCUT2D eigenvalue weighted by Gasteiger charge is -2.16. The highest BCUT2D eigenvalue weighted by atomic mass is 16.8. The predicted molar refractivity (Wildman–Crippen MR) is 36.7 cm³/mol. The summed E-state index contributed by atoms with van der Waals surface area (Å²) in [7, 11) is 0. The third kappa shape index (κ3) is 2.48. The van der Waals surface area contributed by atoms with Gasteiger partial charge in [-0.3, -0.25) is 4.79 Å². The van der Waals surface area contributed by atoms with Gasteiger partial charge in [0.05, 0.1) is 0 Å². The van der Waals surface area contributed by atoms with Crippen molar-refractivity contribution in [1.82, 2.24) is 0 Å². The van der Waals surface area contributed by atoms with Crippen molar-refractivity contribution in [3.8, 4) is 0 Å². The van der Waals surface area contributed by atoms with Crippen LogP contribution in [0.5, 0.6) is 0 Å². The van der Waals surface area contributed by atoms with Gasteiger partial charge in [0, 0.05) is 6.92 Å². The van der Waals surface area contributed by atoms with Crippen LogP contribution in [0.3, 0.4) is 0 Å². The molecule has 4 heteroatoms. The normalized spacial score (nSPS) is 28.5. The fraction of sp³-hybridized carbons (Fsp3) is 0.857. The number of carbonyl (C=O) groups is 1. The first-order chi connectivity index (χ1) is 4.99. The van der Waals surface area contributed by atoms with Gasteiger partial charge in [-0.2, -0.15) is 0 Å². The topological polar surface area (TPSA) is 44.8 Å². The Balaban J connectivity index is 2.36. The summed E-state index contributed by atoms with van der Waals surface area (Å²) in [6.07, 6.45) is -0.539. The van der Waals surface area contributed by atoms with E-state index >= 15 is 0 Å². The molecule has 1 aliphatic rings. The predicted octanol–water partition coefficient (Wildman–Crippen LogP) is 0.658. The molecule has 64 valence electrons. The third-order valence-electron chi connectivity index (χ3n) is 1.28. The smallest absolute Gasteiger partial charge is 0.305 e. The molecule has 0 aliphatic carbocycles. The molecule has 0 bridgehead atoms. The molecule has 0 spiro atoms. The van der Waals surface area contributed by atoms with Crippen molar-refractivity contribution in [2.45, 2.75) is 32.8 Å². The number of carbonyl (C=O) groups excluding carboxylic acids is 1. The van der Waals surface area contributed by atoms with E-state index in [9.17, 15) is 4.79 Å². The number of rotatable bonds is 1. The molecule has 1 aliphatic heterocycles. The van der Waals surface area contributed by atoms with Crippen molar-refractivity contribution < 1.29 is 19.0 Å². The average molecular weight is 160 g/mol. The Morgan fingerprint density at radius 3 is 2.64 bits per heavy atom. The highest BCUT2D eigenvalue weighted by Gasteiger charge is 2.34. The zero-order valence-corrected chi connectivity index (χ0v) is 6.92. The van der Waals surface area contributed by atoms with Gasteiger partial charge in [0.2, 0.25) is 6.29 Å². The van der Waals surface area contributed by atoms with Crippen LogP contribution >= 0.6 is 0 Å². The molecule has 0 radical (unpaired) electrons. The van der Waals surface area contributed by atoms with Crippen LogP contribution in [0.15, 0.2) is 0 Å². The molecule has 1 heterocycles. The summed E-state index contributed by atoms with van der Waals surface area (Å²) >= 11 is 0. The van der Waals surface area contributed by atoms with E-state index in [2.05, 4.69) is 0 Å². The van der Waals surface area contributed by atoms with Gasteiger partial charge in [-0.25, -0.2) is 0 Å². The Morgan fingerprint density at radius 1 is 1.64 bits per heavy atom. The van der Waals surface area contributed by atoms with Crippen LogP contribution in [-0.4, -0.2) is 24.7 Å². The first-order valence-electron chi connectivity index (χ1n) is 3.48. The summed E-state index contributed by atoms with van der Waals surface area (Å²) < 4.78 is 15.1. The zero-order valence-electron chi connectivity index (χ0n) is 6.92. The second-order valence-corrected chi connectivity index (χ2v) is 2.87. The summed E-state index contributed by atoms with van der Waals surface area (Å²) in [5.74, 6) is -0.976. The molecule has 0 N–H and O–H groups in total. The molecule has 0 unspecified atom stereocenters. The van der Waals surface area contributed by atoms with Gasteiger partial charge in [0.15, 0.2) is 5.79 Å². The fourth-order valence-electron chi connectivity index (χ4n) is 0.897. The van der Waals surface area contributed by atoms with Gasteiger partial charge < -0.3 is 14.2 Å².